The van der Waals surface area contributed by atoms with Gasteiger partial charge in [-0.05, 0) is 25.0 Å². The number of nitrogens with two attached hydrogens (primary N) is 1. The van der Waals surface area contributed by atoms with Crippen molar-refractivity contribution in [3.8, 4) is 0 Å². The molecule has 2 aromatic heterocycles. The van der Waals surface area contributed by atoms with Gasteiger partial charge in [0.05, 0.1) is 24.4 Å². The van der Waals surface area contributed by atoms with E-state index in [-0.39, 0.29) is 11.9 Å². The number of ether oxygens (including phenoxy) is 1. The predicted octanol–water partition coefficient (Wildman–Crippen LogP) is 1.18. The Labute approximate surface area is 123 Å². The number of methoxy groups -OCH3 is 1. The van der Waals surface area contributed by atoms with Crippen LogP contribution < -0.4 is 10.6 Å². The Morgan fingerprint density at radius 2 is 2.14 bits per heavy atom. The number of aromatic nitrogens is 2. The van der Waals surface area contributed by atoms with Gasteiger partial charge in [-0.3, -0.25) is 4.79 Å². The summed E-state index contributed by atoms with van der Waals surface area (Å²) in [6.07, 6.45) is 5.70. The second-order valence-electron chi connectivity index (χ2n) is 5.37. The van der Waals surface area contributed by atoms with Crippen molar-refractivity contribution in [2.45, 2.75) is 19.4 Å². The van der Waals surface area contributed by atoms with Gasteiger partial charge in [-0.2, -0.15) is 0 Å². The second kappa shape index (κ2) is 5.73. The van der Waals surface area contributed by atoms with Gasteiger partial charge in [0.2, 0.25) is 0 Å². The molecule has 21 heavy (non-hydrogen) atoms. The topological polar surface area (TPSA) is 72.9 Å². The number of pyridine rings is 1. The summed E-state index contributed by atoms with van der Waals surface area (Å²) in [6, 6.07) is 4.07. The summed E-state index contributed by atoms with van der Waals surface area (Å²) in [5.74, 6) is -0.0561. The largest absolute Gasteiger partial charge is 0.469 e. The lowest BCUT2D eigenvalue weighted by Gasteiger charge is -2.32. The van der Waals surface area contributed by atoms with Crippen LogP contribution in [0, 0.1) is 5.92 Å². The monoisotopic (exact) mass is 288 g/mol. The molecular formula is C15H20N4O2. The van der Waals surface area contributed by atoms with Crippen molar-refractivity contribution in [3.63, 3.8) is 0 Å². The van der Waals surface area contributed by atoms with E-state index in [0.29, 0.717) is 6.54 Å². The SMILES string of the molecule is COC(=O)C1CCN(c2ccc3nc(CN)cn3c2)CC1. The third-order valence-corrected chi connectivity index (χ3v) is 4.09. The fraction of sp³-hybridized carbons (Fsp3) is 0.467. The highest BCUT2D eigenvalue weighted by Crippen LogP contribution is 2.24. The molecule has 0 spiro atoms. The highest BCUT2D eigenvalue weighted by Gasteiger charge is 2.25. The molecule has 1 saturated heterocycles. The molecule has 0 saturated carbocycles. The fourth-order valence-electron chi connectivity index (χ4n) is 2.86. The fourth-order valence-corrected chi connectivity index (χ4v) is 2.86. The molecule has 0 aromatic carbocycles. The van der Waals surface area contributed by atoms with Crippen molar-refractivity contribution >= 4 is 17.3 Å². The van der Waals surface area contributed by atoms with Gasteiger partial charge in [0, 0.05) is 32.0 Å². The summed E-state index contributed by atoms with van der Waals surface area (Å²) >= 11 is 0. The van der Waals surface area contributed by atoms with Crippen molar-refractivity contribution in [1.82, 2.24) is 9.38 Å². The van der Waals surface area contributed by atoms with Gasteiger partial charge in [-0.15, -0.1) is 0 Å². The Morgan fingerprint density at radius 3 is 2.81 bits per heavy atom. The molecule has 0 radical (unpaired) electrons. The van der Waals surface area contributed by atoms with Crippen LogP contribution in [-0.4, -0.2) is 35.6 Å². The molecule has 2 aromatic rings. The first-order valence-electron chi connectivity index (χ1n) is 7.21. The average molecular weight is 288 g/mol. The van der Waals surface area contributed by atoms with Gasteiger partial charge in [0.1, 0.15) is 5.65 Å². The van der Waals surface area contributed by atoms with Crippen molar-refractivity contribution in [1.29, 1.82) is 0 Å². The van der Waals surface area contributed by atoms with E-state index < -0.39 is 0 Å². The van der Waals surface area contributed by atoms with Crippen LogP contribution in [0.4, 0.5) is 5.69 Å². The lowest BCUT2D eigenvalue weighted by Crippen LogP contribution is -2.36. The van der Waals surface area contributed by atoms with Gasteiger partial charge in [-0.25, -0.2) is 4.98 Å². The molecular weight excluding hydrogens is 268 g/mol. The quantitative estimate of drug-likeness (QED) is 0.859. The molecule has 2 N–H and O–H groups in total. The minimum atomic E-state index is -0.0905. The van der Waals surface area contributed by atoms with Crippen LogP contribution in [0.1, 0.15) is 18.5 Å². The summed E-state index contributed by atoms with van der Waals surface area (Å²) in [5.41, 5.74) is 8.56. The lowest BCUT2D eigenvalue weighted by atomic mass is 9.97. The van der Waals surface area contributed by atoms with Crippen LogP contribution >= 0.6 is 0 Å². The zero-order chi connectivity index (χ0) is 14.8. The summed E-state index contributed by atoms with van der Waals surface area (Å²) in [5, 5.41) is 0. The molecule has 0 unspecified atom stereocenters. The number of piperidine rings is 1. The molecule has 1 fully saturated rings. The maximum absolute atomic E-state index is 11.6. The summed E-state index contributed by atoms with van der Waals surface area (Å²) < 4.78 is 6.83. The van der Waals surface area contributed by atoms with E-state index in [2.05, 4.69) is 22.1 Å². The normalized spacial score (nSPS) is 16.4. The van der Waals surface area contributed by atoms with Crippen LogP contribution in [0.25, 0.3) is 5.65 Å². The maximum atomic E-state index is 11.6. The number of rotatable bonds is 3. The average Bonchev–Trinajstić information content (AvgIpc) is 2.96. The van der Waals surface area contributed by atoms with Crippen LogP contribution in [0.3, 0.4) is 0 Å². The Hall–Kier alpha value is -2.08. The zero-order valence-corrected chi connectivity index (χ0v) is 12.2. The Kier molecular flexibility index (Phi) is 3.79. The number of carbonyl (C=O) groups is 1. The minimum absolute atomic E-state index is 0.0343. The van der Waals surface area contributed by atoms with Crippen molar-refractivity contribution in [3.05, 3.63) is 30.2 Å². The molecule has 3 rings (SSSR count). The Bertz CT molecular complexity index is 644. The first-order valence-corrected chi connectivity index (χ1v) is 7.21. The summed E-state index contributed by atoms with van der Waals surface area (Å²) in [6.45, 7) is 2.18. The number of carbonyl (C=O) groups excluding carboxylic acids is 1. The number of anilines is 1. The second-order valence-corrected chi connectivity index (χ2v) is 5.37. The van der Waals surface area contributed by atoms with E-state index in [0.717, 1.165) is 43.0 Å². The Balaban J connectivity index is 1.74. The van der Waals surface area contributed by atoms with Crippen LogP contribution in [-0.2, 0) is 16.1 Å². The smallest absolute Gasteiger partial charge is 0.308 e. The molecule has 0 amide bonds. The Morgan fingerprint density at radius 1 is 1.38 bits per heavy atom. The van der Waals surface area contributed by atoms with Gasteiger partial charge in [0.25, 0.3) is 0 Å². The molecule has 0 bridgehead atoms. The predicted molar refractivity (Wildman–Crippen MR) is 80.0 cm³/mol. The number of esters is 1. The highest BCUT2D eigenvalue weighted by atomic mass is 16.5. The van der Waals surface area contributed by atoms with E-state index >= 15 is 0 Å². The molecule has 112 valence electrons. The number of fused-ring (bicyclic) bond motifs is 1. The van der Waals surface area contributed by atoms with Crippen LogP contribution in [0.15, 0.2) is 24.5 Å². The summed E-state index contributed by atoms with van der Waals surface area (Å²) in [7, 11) is 1.46. The van der Waals surface area contributed by atoms with E-state index in [4.69, 9.17) is 10.5 Å². The number of hydrogen-bond donors (Lipinski definition) is 1. The molecule has 1 aliphatic rings. The number of nitrogens with zero attached hydrogens (tertiary/aromatic N) is 3. The standard InChI is InChI=1S/C15H20N4O2/c1-21-15(20)11-4-6-18(7-5-11)13-2-3-14-17-12(8-16)9-19(14)10-13/h2-3,9-11H,4-8,16H2,1H3. The van der Waals surface area contributed by atoms with Crippen LogP contribution in [0.5, 0.6) is 0 Å². The maximum Gasteiger partial charge on any atom is 0.308 e. The lowest BCUT2D eigenvalue weighted by molar-refractivity contribution is -0.146. The van der Waals surface area contributed by atoms with Gasteiger partial charge in [0.15, 0.2) is 0 Å². The van der Waals surface area contributed by atoms with Gasteiger partial charge >= 0.3 is 5.97 Å². The molecule has 1 aliphatic heterocycles. The van der Waals surface area contributed by atoms with E-state index in [1.54, 1.807) is 0 Å². The minimum Gasteiger partial charge on any atom is -0.469 e. The zero-order valence-electron chi connectivity index (χ0n) is 12.2. The molecule has 6 nitrogen and oxygen atoms in total. The molecule has 6 heteroatoms. The molecule has 0 atom stereocenters. The number of imidazole rings is 1. The third kappa shape index (κ3) is 2.71. The van der Waals surface area contributed by atoms with Crippen molar-refractivity contribution in [2.75, 3.05) is 25.1 Å². The third-order valence-electron chi connectivity index (χ3n) is 4.09. The molecule has 0 aliphatic carbocycles. The van der Waals surface area contributed by atoms with E-state index in [9.17, 15) is 4.79 Å². The van der Waals surface area contributed by atoms with Crippen molar-refractivity contribution in [2.24, 2.45) is 11.7 Å². The van der Waals surface area contributed by atoms with Gasteiger partial charge in [-0.1, -0.05) is 0 Å². The number of hydrogen-bond acceptors (Lipinski definition) is 5. The van der Waals surface area contributed by atoms with E-state index in [1.165, 1.54) is 7.11 Å². The highest BCUT2D eigenvalue weighted by molar-refractivity contribution is 5.72. The van der Waals surface area contributed by atoms with Crippen LogP contribution in [0.2, 0.25) is 0 Å². The summed E-state index contributed by atoms with van der Waals surface area (Å²) in [4.78, 5) is 18.3. The van der Waals surface area contributed by atoms with Gasteiger partial charge < -0.3 is 19.8 Å². The van der Waals surface area contributed by atoms with E-state index in [1.807, 2.05) is 16.7 Å². The first kappa shape index (κ1) is 13.9. The molecule has 3 heterocycles. The first-order chi connectivity index (χ1) is 10.2. The van der Waals surface area contributed by atoms with Crippen molar-refractivity contribution < 1.29 is 9.53 Å².